The van der Waals surface area contributed by atoms with Crippen molar-refractivity contribution in [2.75, 3.05) is 9.71 Å². The average Bonchev–Trinajstić information content (AvgIpc) is 3.78. The third-order valence-corrected chi connectivity index (χ3v) is 14.1. The molecule has 0 N–H and O–H groups in total. The summed E-state index contributed by atoms with van der Waals surface area (Å²) in [6.07, 6.45) is 0. The minimum Gasteiger partial charge on any atom is -0.456 e. The first-order valence-electron chi connectivity index (χ1n) is 21.0. The fourth-order valence-electron chi connectivity index (χ4n) is 9.80. The molecule has 0 unspecified atom stereocenters. The van der Waals surface area contributed by atoms with E-state index in [-0.39, 0.29) is 23.1 Å². The minimum atomic E-state index is -0.127. The maximum atomic E-state index is 6.90. The highest BCUT2D eigenvalue weighted by molar-refractivity contribution is 7.26. The number of hydrogen-bond acceptors (Lipinski definition) is 4. The molecule has 9 aromatic rings. The third-order valence-electron chi connectivity index (χ3n) is 12.9. The van der Waals surface area contributed by atoms with Crippen molar-refractivity contribution in [2.45, 2.75) is 78.6 Å². The first-order valence-corrected chi connectivity index (χ1v) is 21.9. The van der Waals surface area contributed by atoms with E-state index in [0.717, 1.165) is 27.9 Å². The Morgan fingerprint density at radius 2 is 1.12 bits per heavy atom. The lowest BCUT2D eigenvalue weighted by Crippen LogP contribution is -2.61. The van der Waals surface area contributed by atoms with Crippen LogP contribution in [0.25, 0.3) is 53.2 Å². The van der Waals surface area contributed by atoms with Crippen molar-refractivity contribution < 1.29 is 4.42 Å². The van der Waals surface area contributed by atoms with Gasteiger partial charge < -0.3 is 14.1 Å². The van der Waals surface area contributed by atoms with Crippen LogP contribution in [0.4, 0.5) is 28.4 Å². The summed E-state index contributed by atoms with van der Waals surface area (Å²) in [5.41, 5.74) is 16.9. The molecular formula is C54H49BN2OS. The fraction of sp³-hybridized carbons (Fsp3) is 0.222. The second kappa shape index (κ2) is 12.4. The molecule has 0 bridgehead atoms. The van der Waals surface area contributed by atoms with Gasteiger partial charge in [-0.15, -0.1) is 11.3 Å². The van der Waals surface area contributed by atoms with Crippen LogP contribution in [0.1, 0.15) is 79.0 Å². The van der Waals surface area contributed by atoms with Gasteiger partial charge in [-0.05, 0) is 98.0 Å². The van der Waals surface area contributed by atoms with Gasteiger partial charge in [-0.2, -0.15) is 0 Å². The van der Waals surface area contributed by atoms with Crippen LogP contribution in [0, 0.1) is 0 Å². The Morgan fingerprint density at radius 3 is 1.80 bits per heavy atom. The summed E-state index contributed by atoms with van der Waals surface area (Å²) in [6, 6.07) is 50.6. The topological polar surface area (TPSA) is 19.6 Å². The zero-order chi connectivity index (χ0) is 40.7. The first kappa shape index (κ1) is 36.3. The molecule has 4 heterocycles. The number of hydrogen-bond donors (Lipinski definition) is 0. The van der Waals surface area contributed by atoms with E-state index >= 15 is 0 Å². The van der Waals surface area contributed by atoms with Crippen molar-refractivity contribution in [1.29, 1.82) is 0 Å². The molecule has 0 amide bonds. The second-order valence-electron chi connectivity index (χ2n) is 19.8. The molecule has 11 rings (SSSR count). The summed E-state index contributed by atoms with van der Waals surface area (Å²) in [5, 5.41) is 4.95. The third kappa shape index (κ3) is 5.40. The molecule has 3 nitrogen and oxygen atoms in total. The smallest absolute Gasteiger partial charge is 0.333 e. The fourth-order valence-corrected chi connectivity index (χ4v) is 10.9. The Morgan fingerprint density at radius 1 is 0.508 bits per heavy atom. The molecule has 7 aromatic carbocycles. The van der Waals surface area contributed by atoms with E-state index in [1.807, 2.05) is 11.3 Å². The SMILES string of the molecule is CC(C)(C)c1ccc(N2B3c4cc(C(C)(C)C)ccc4N(c4ccc(C(C)(C)C)cc4)c4cc5oc6ccccc6c5c(c43)-c3ccc4sc5ccccc5c4c32)cc1. The monoisotopic (exact) mass is 784 g/mol. The molecule has 0 saturated carbocycles. The number of anilines is 5. The van der Waals surface area contributed by atoms with E-state index in [9.17, 15) is 0 Å². The van der Waals surface area contributed by atoms with E-state index in [4.69, 9.17) is 4.42 Å². The molecule has 2 aliphatic heterocycles. The highest BCUT2D eigenvalue weighted by Gasteiger charge is 2.47. The van der Waals surface area contributed by atoms with Crippen molar-refractivity contribution in [1.82, 2.24) is 0 Å². The van der Waals surface area contributed by atoms with E-state index in [1.54, 1.807) is 0 Å². The van der Waals surface area contributed by atoms with Crippen molar-refractivity contribution >= 4 is 99.7 Å². The molecule has 0 fully saturated rings. The maximum Gasteiger partial charge on any atom is 0.333 e. The number of fused-ring (bicyclic) bond motifs is 12. The molecule has 0 radical (unpaired) electrons. The van der Waals surface area contributed by atoms with Crippen LogP contribution in [-0.4, -0.2) is 6.85 Å². The maximum absolute atomic E-state index is 6.90. The Kier molecular flexibility index (Phi) is 7.62. The zero-order valence-corrected chi connectivity index (χ0v) is 36.3. The molecule has 0 saturated heterocycles. The lowest BCUT2D eigenvalue weighted by atomic mass is 9.43. The predicted octanol–water partition coefficient (Wildman–Crippen LogP) is 14.6. The van der Waals surface area contributed by atoms with Gasteiger partial charge in [0.1, 0.15) is 11.2 Å². The van der Waals surface area contributed by atoms with Gasteiger partial charge in [0.05, 0.1) is 0 Å². The molecule has 59 heavy (non-hydrogen) atoms. The Labute approximate surface area is 352 Å². The van der Waals surface area contributed by atoms with Crippen molar-refractivity contribution in [2.24, 2.45) is 0 Å². The molecule has 2 aromatic heterocycles. The molecule has 0 spiro atoms. The van der Waals surface area contributed by atoms with Crippen LogP contribution in [0.3, 0.4) is 0 Å². The van der Waals surface area contributed by atoms with Gasteiger partial charge in [-0.25, -0.2) is 0 Å². The zero-order valence-electron chi connectivity index (χ0n) is 35.5. The quantitative estimate of drug-likeness (QED) is 0.163. The minimum absolute atomic E-state index is 0.0327. The molecule has 0 atom stereocenters. The lowest BCUT2D eigenvalue weighted by molar-refractivity contribution is 0.590. The van der Waals surface area contributed by atoms with Crippen molar-refractivity contribution in [3.8, 4) is 11.1 Å². The number of para-hydroxylation sites is 1. The van der Waals surface area contributed by atoms with Crippen LogP contribution in [-0.2, 0) is 16.2 Å². The van der Waals surface area contributed by atoms with E-state index < -0.39 is 0 Å². The predicted molar refractivity (Wildman–Crippen MR) is 256 cm³/mol. The van der Waals surface area contributed by atoms with Crippen LogP contribution >= 0.6 is 11.3 Å². The van der Waals surface area contributed by atoms with Gasteiger partial charge in [-0.3, -0.25) is 0 Å². The van der Waals surface area contributed by atoms with Gasteiger partial charge in [0.15, 0.2) is 0 Å². The summed E-state index contributed by atoms with van der Waals surface area (Å²) in [4.78, 5) is 5.22. The normalized spacial score (nSPS) is 14.1. The largest absolute Gasteiger partial charge is 0.456 e. The van der Waals surface area contributed by atoms with E-state index in [1.165, 1.54) is 81.4 Å². The highest BCUT2D eigenvalue weighted by atomic mass is 32.1. The van der Waals surface area contributed by atoms with Gasteiger partial charge in [-0.1, -0.05) is 141 Å². The van der Waals surface area contributed by atoms with E-state index in [2.05, 4.69) is 205 Å². The number of rotatable bonds is 2. The van der Waals surface area contributed by atoms with Gasteiger partial charge in [0.25, 0.3) is 0 Å². The number of furan rings is 1. The van der Waals surface area contributed by atoms with Crippen molar-refractivity contribution in [3.05, 3.63) is 150 Å². The number of benzene rings is 7. The van der Waals surface area contributed by atoms with Crippen LogP contribution in [0.2, 0.25) is 0 Å². The molecule has 5 heteroatoms. The Bertz CT molecular complexity index is 3170. The van der Waals surface area contributed by atoms with Crippen LogP contribution in [0.5, 0.6) is 0 Å². The average molecular weight is 785 g/mol. The summed E-state index contributed by atoms with van der Waals surface area (Å²) < 4.78 is 9.50. The van der Waals surface area contributed by atoms with Gasteiger partial charge >= 0.3 is 6.85 Å². The Hall–Kier alpha value is -5.78. The highest BCUT2D eigenvalue weighted by Crippen LogP contribution is 2.54. The van der Waals surface area contributed by atoms with Gasteiger partial charge in [0.2, 0.25) is 0 Å². The molecular weight excluding hydrogens is 735 g/mol. The molecule has 290 valence electrons. The summed E-state index contributed by atoms with van der Waals surface area (Å²) >= 11 is 1.89. The summed E-state index contributed by atoms with van der Waals surface area (Å²) in [5.74, 6) is 0. The van der Waals surface area contributed by atoms with Crippen LogP contribution < -0.4 is 20.6 Å². The lowest BCUT2D eigenvalue weighted by Gasteiger charge is -2.46. The van der Waals surface area contributed by atoms with E-state index in [0.29, 0.717) is 0 Å². The summed E-state index contributed by atoms with van der Waals surface area (Å²) in [7, 11) is 0. The number of nitrogens with zero attached hydrogens (tertiary/aromatic N) is 2. The standard InChI is InChI=1S/C54H49BN2OS/c1-52(2,3)32-18-23-35(24-19-32)56-41-28-22-34(54(7,8)9)30-40(41)55-50-42(56)31-44-47(37-14-10-12-16-43(37)58-44)49(50)39-27-29-46-48(38-15-11-13-17-45(38)59-46)51(39)57(55)36-25-20-33(21-26-36)53(4,5)6/h10-31H,1-9H3. The van der Waals surface area contributed by atoms with Crippen molar-refractivity contribution in [3.63, 3.8) is 0 Å². The summed E-state index contributed by atoms with van der Waals surface area (Å²) in [6.45, 7) is 20.6. The van der Waals surface area contributed by atoms with Gasteiger partial charge in [0, 0.05) is 71.0 Å². The number of thiophene rings is 1. The molecule has 0 aliphatic carbocycles. The second-order valence-corrected chi connectivity index (χ2v) is 20.9. The molecule has 2 aliphatic rings. The Balaban J connectivity index is 1.34. The van der Waals surface area contributed by atoms with Crippen LogP contribution in [0.15, 0.2) is 138 Å². The first-order chi connectivity index (χ1) is 28.2.